The van der Waals surface area contributed by atoms with Gasteiger partial charge in [0.05, 0.1) is 18.7 Å². The number of halogens is 1. The van der Waals surface area contributed by atoms with E-state index in [1.165, 1.54) is 0 Å². The molecule has 5 nitrogen and oxygen atoms in total. The van der Waals surface area contributed by atoms with E-state index in [0.29, 0.717) is 13.0 Å². The highest BCUT2D eigenvalue weighted by Gasteiger charge is 2.05. The number of nitrogens with one attached hydrogen (secondary N) is 2. The first-order valence-corrected chi connectivity index (χ1v) is 6.30. The number of aromatic amines is 1. The largest absolute Gasteiger partial charge is 0.350 e. The maximum Gasteiger partial charge on any atom is 0.224 e. The average Bonchev–Trinajstić information content (AvgIpc) is 2.73. The van der Waals surface area contributed by atoms with E-state index in [0.717, 1.165) is 21.4 Å². The van der Waals surface area contributed by atoms with Crippen LogP contribution in [0.4, 0.5) is 0 Å². The Morgan fingerprint density at radius 1 is 1.44 bits per heavy atom. The quantitative estimate of drug-likeness (QED) is 0.903. The lowest BCUT2D eigenvalue weighted by Gasteiger charge is -2.03. The predicted molar refractivity (Wildman–Crippen MR) is 70.8 cm³/mol. The molecule has 0 fully saturated rings. The van der Waals surface area contributed by atoms with E-state index in [4.69, 9.17) is 0 Å². The summed E-state index contributed by atoms with van der Waals surface area (Å²) in [5.74, 6) is -0.0458. The van der Waals surface area contributed by atoms with E-state index in [9.17, 15) is 4.79 Å². The number of rotatable bonds is 4. The number of hydrogen-bond acceptors (Lipinski definition) is 3. The third-order valence-corrected chi connectivity index (χ3v) is 2.79. The Labute approximate surface area is 113 Å². The molecule has 2 N–H and O–H groups in total. The average molecular weight is 309 g/mol. The lowest BCUT2D eigenvalue weighted by Crippen LogP contribution is -2.24. The van der Waals surface area contributed by atoms with Crippen LogP contribution in [-0.4, -0.2) is 21.1 Å². The highest BCUT2D eigenvalue weighted by Crippen LogP contribution is 2.09. The fourth-order valence-corrected chi connectivity index (χ4v) is 1.97. The van der Waals surface area contributed by atoms with Gasteiger partial charge in [0, 0.05) is 22.6 Å². The lowest BCUT2D eigenvalue weighted by atomic mass is 10.2. The number of amides is 1. The zero-order valence-corrected chi connectivity index (χ0v) is 11.5. The van der Waals surface area contributed by atoms with Crippen molar-refractivity contribution in [2.75, 3.05) is 0 Å². The summed E-state index contributed by atoms with van der Waals surface area (Å²) in [6.45, 7) is 2.36. The van der Waals surface area contributed by atoms with E-state index in [-0.39, 0.29) is 5.91 Å². The number of nitrogens with zero attached hydrogens (tertiary/aromatic N) is 2. The van der Waals surface area contributed by atoms with Crippen LogP contribution in [0, 0.1) is 6.92 Å². The Kier molecular flexibility index (Phi) is 4.09. The molecule has 0 aliphatic rings. The number of hydrogen-bond donors (Lipinski definition) is 2. The fraction of sp³-hybridized carbons (Fsp3) is 0.250. The maximum absolute atomic E-state index is 11.7. The molecule has 18 heavy (non-hydrogen) atoms. The Morgan fingerprint density at radius 3 is 2.94 bits per heavy atom. The van der Waals surface area contributed by atoms with Gasteiger partial charge in [0.1, 0.15) is 0 Å². The number of H-pyrrole nitrogens is 1. The molecule has 0 aromatic carbocycles. The van der Waals surface area contributed by atoms with Crippen molar-refractivity contribution in [2.24, 2.45) is 0 Å². The van der Waals surface area contributed by atoms with Gasteiger partial charge < -0.3 is 5.32 Å². The van der Waals surface area contributed by atoms with Crippen LogP contribution in [0.2, 0.25) is 0 Å². The van der Waals surface area contributed by atoms with Crippen molar-refractivity contribution < 1.29 is 4.79 Å². The van der Waals surface area contributed by atoms with E-state index >= 15 is 0 Å². The van der Waals surface area contributed by atoms with Crippen LogP contribution in [0.25, 0.3) is 0 Å². The van der Waals surface area contributed by atoms with Crippen molar-refractivity contribution in [1.29, 1.82) is 0 Å². The molecule has 2 rings (SSSR count). The highest BCUT2D eigenvalue weighted by atomic mass is 79.9. The molecule has 0 bridgehead atoms. The minimum absolute atomic E-state index is 0.0458. The number of carbonyl (C=O) groups excluding carboxylic acids is 1. The van der Waals surface area contributed by atoms with E-state index in [2.05, 4.69) is 36.4 Å². The van der Waals surface area contributed by atoms with Gasteiger partial charge in [-0.3, -0.25) is 14.9 Å². The molecule has 0 unspecified atom stereocenters. The molecule has 0 aliphatic heterocycles. The number of aryl methyl sites for hydroxylation is 1. The molecule has 6 heteroatoms. The molecule has 0 saturated carbocycles. The second-order valence-corrected chi connectivity index (χ2v) is 4.92. The minimum atomic E-state index is -0.0458. The van der Waals surface area contributed by atoms with Crippen LogP contribution < -0.4 is 5.32 Å². The summed E-state index contributed by atoms with van der Waals surface area (Å²) in [5, 5.41) is 9.70. The van der Waals surface area contributed by atoms with Crippen LogP contribution in [0.3, 0.4) is 0 Å². The molecule has 2 aromatic heterocycles. The van der Waals surface area contributed by atoms with E-state index < -0.39 is 0 Å². The summed E-state index contributed by atoms with van der Waals surface area (Å²) in [7, 11) is 0. The summed E-state index contributed by atoms with van der Waals surface area (Å²) in [5.41, 5.74) is 2.68. The van der Waals surface area contributed by atoms with Crippen molar-refractivity contribution in [1.82, 2.24) is 20.5 Å². The highest BCUT2D eigenvalue weighted by molar-refractivity contribution is 9.10. The monoisotopic (exact) mass is 308 g/mol. The van der Waals surface area contributed by atoms with Crippen molar-refractivity contribution >= 4 is 21.8 Å². The maximum atomic E-state index is 11.7. The van der Waals surface area contributed by atoms with Crippen LogP contribution >= 0.6 is 15.9 Å². The molecule has 0 radical (unpaired) electrons. The zero-order chi connectivity index (χ0) is 13.0. The van der Waals surface area contributed by atoms with Gasteiger partial charge in [-0.15, -0.1) is 0 Å². The second-order valence-electron chi connectivity index (χ2n) is 4.01. The lowest BCUT2D eigenvalue weighted by molar-refractivity contribution is -0.120. The SMILES string of the molecule is Cc1cc(CNC(=O)Cc2cncc(Br)c2)n[nH]1. The molecular formula is C12H13BrN4O. The van der Waals surface area contributed by atoms with E-state index in [1.807, 2.05) is 19.1 Å². The molecule has 0 aliphatic carbocycles. The third kappa shape index (κ3) is 3.66. The summed E-state index contributed by atoms with van der Waals surface area (Å²) < 4.78 is 0.871. The molecule has 2 aromatic rings. The van der Waals surface area contributed by atoms with Gasteiger partial charge in [-0.1, -0.05) is 0 Å². The Bertz CT molecular complexity index is 553. The first-order chi connectivity index (χ1) is 8.63. The van der Waals surface area contributed by atoms with Gasteiger partial charge in [0.2, 0.25) is 5.91 Å². The predicted octanol–water partition coefficient (Wildman–Crippen LogP) is 1.73. The topological polar surface area (TPSA) is 70.7 Å². The Hall–Kier alpha value is -1.69. The number of carbonyl (C=O) groups is 1. The van der Waals surface area contributed by atoms with Gasteiger partial charge >= 0.3 is 0 Å². The van der Waals surface area contributed by atoms with E-state index in [1.54, 1.807) is 12.4 Å². The summed E-state index contributed by atoms with van der Waals surface area (Å²) >= 11 is 3.32. The Balaban J connectivity index is 1.85. The molecule has 0 spiro atoms. The second kappa shape index (κ2) is 5.77. The van der Waals surface area contributed by atoms with Crippen LogP contribution in [0.1, 0.15) is 17.0 Å². The van der Waals surface area contributed by atoms with Gasteiger partial charge in [-0.2, -0.15) is 5.10 Å². The van der Waals surface area contributed by atoms with Crippen molar-refractivity contribution in [3.05, 3.63) is 46.0 Å². The standard InChI is InChI=1S/C12H13BrN4O/c1-8-2-11(17-16-8)7-15-12(18)4-9-3-10(13)6-14-5-9/h2-3,5-6H,4,7H2,1H3,(H,15,18)(H,16,17). The molecular weight excluding hydrogens is 296 g/mol. The van der Waals surface area contributed by atoms with Crippen LogP contribution in [-0.2, 0) is 17.8 Å². The van der Waals surface area contributed by atoms with Gasteiger partial charge in [-0.25, -0.2) is 0 Å². The molecule has 0 saturated heterocycles. The van der Waals surface area contributed by atoms with Crippen LogP contribution in [0.5, 0.6) is 0 Å². The van der Waals surface area contributed by atoms with Gasteiger partial charge in [0.15, 0.2) is 0 Å². The van der Waals surface area contributed by atoms with Gasteiger partial charge in [-0.05, 0) is 40.5 Å². The van der Waals surface area contributed by atoms with Crippen molar-refractivity contribution in [3.8, 4) is 0 Å². The zero-order valence-electron chi connectivity index (χ0n) is 9.90. The first kappa shape index (κ1) is 12.8. The number of aromatic nitrogens is 3. The number of pyridine rings is 1. The molecule has 1 amide bonds. The summed E-state index contributed by atoms with van der Waals surface area (Å²) in [6.07, 6.45) is 3.69. The molecule has 0 atom stereocenters. The first-order valence-electron chi connectivity index (χ1n) is 5.50. The summed E-state index contributed by atoms with van der Waals surface area (Å²) in [4.78, 5) is 15.7. The van der Waals surface area contributed by atoms with Gasteiger partial charge in [0.25, 0.3) is 0 Å². The normalized spacial score (nSPS) is 10.3. The smallest absolute Gasteiger partial charge is 0.224 e. The molecule has 2 heterocycles. The van der Waals surface area contributed by atoms with Crippen LogP contribution in [0.15, 0.2) is 29.0 Å². The molecule has 94 valence electrons. The Morgan fingerprint density at radius 2 is 2.28 bits per heavy atom. The fourth-order valence-electron chi connectivity index (χ4n) is 1.55. The summed E-state index contributed by atoms with van der Waals surface area (Å²) in [6, 6.07) is 3.78. The minimum Gasteiger partial charge on any atom is -0.350 e. The van der Waals surface area contributed by atoms with Crippen molar-refractivity contribution in [2.45, 2.75) is 19.9 Å². The third-order valence-electron chi connectivity index (χ3n) is 2.35. The van der Waals surface area contributed by atoms with Crippen molar-refractivity contribution in [3.63, 3.8) is 0 Å².